The van der Waals surface area contributed by atoms with E-state index in [4.69, 9.17) is 9.47 Å². The Morgan fingerprint density at radius 1 is 1.75 bits per heavy atom. The van der Waals surface area contributed by atoms with E-state index in [1.54, 1.807) is 13.2 Å². The second-order valence-electron chi connectivity index (χ2n) is 3.22. The minimum atomic E-state index is -2.24. The summed E-state index contributed by atoms with van der Waals surface area (Å²) >= 11 is 0. The Bertz CT molecular complexity index is 193. The molecule has 1 fully saturated rings. The molecule has 1 aliphatic heterocycles. The van der Waals surface area contributed by atoms with E-state index in [0.717, 1.165) is 0 Å². The molecule has 1 rings (SSSR count). The van der Waals surface area contributed by atoms with E-state index in [1.807, 2.05) is 6.92 Å². The third kappa shape index (κ3) is 1.93. The number of ether oxygens (including phenoxy) is 2. The van der Waals surface area contributed by atoms with Crippen molar-refractivity contribution in [2.75, 3.05) is 12.2 Å². The highest BCUT2D eigenvalue weighted by atomic mass is 32.3. The molecule has 1 saturated heterocycles. The molecule has 0 aliphatic carbocycles. The fourth-order valence-electron chi connectivity index (χ4n) is 1.18. The molecule has 0 N–H and O–H groups in total. The summed E-state index contributed by atoms with van der Waals surface area (Å²) in [4.78, 5) is 0. The molecule has 0 saturated carbocycles. The summed E-state index contributed by atoms with van der Waals surface area (Å²) in [5.74, 6) is 0.736. The van der Waals surface area contributed by atoms with E-state index in [2.05, 4.69) is 6.58 Å². The lowest BCUT2D eigenvalue weighted by Gasteiger charge is -2.27. The van der Waals surface area contributed by atoms with Gasteiger partial charge in [-0.15, -0.1) is 0 Å². The van der Waals surface area contributed by atoms with Crippen LogP contribution in [-0.2, 0) is 9.47 Å². The van der Waals surface area contributed by atoms with E-state index in [-0.39, 0.29) is 12.0 Å². The van der Waals surface area contributed by atoms with E-state index >= 15 is 0 Å². The number of rotatable bonds is 2. The van der Waals surface area contributed by atoms with Crippen LogP contribution in [0.2, 0.25) is 0 Å². The van der Waals surface area contributed by atoms with Gasteiger partial charge in [0.15, 0.2) is 5.44 Å². The zero-order valence-corrected chi connectivity index (χ0v) is 8.49. The van der Waals surface area contributed by atoms with Crippen molar-refractivity contribution in [3.05, 3.63) is 12.3 Å². The van der Waals surface area contributed by atoms with Gasteiger partial charge in [-0.3, -0.25) is 0 Å². The van der Waals surface area contributed by atoms with Crippen LogP contribution in [0.3, 0.4) is 0 Å². The van der Waals surface area contributed by atoms with Gasteiger partial charge in [-0.2, -0.15) is 3.89 Å². The summed E-state index contributed by atoms with van der Waals surface area (Å²) in [6, 6.07) is 0. The summed E-state index contributed by atoms with van der Waals surface area (Å²) in [7, 11) is -2.24. The van der Waals surface area contributed by atoms with Crippen LogP contribution in [0.25, 0.3) is 0 Å². The maximum absolute atomic E-state index is 13.7. The molecule has 0 spiro atoms. The Morgan fingerprint density at radius 2 is 2.33 bits per heavy atom. The Kier molecular flexibility index (Phi) is 2.68. The van der Waals surface area contributed by atoms with Gasteiger partial charge in [-0.05, 0) is 30.5 Å². The van der Waals surface area contributed by atoms with E-state index < -0.39 is 15.9 Å². The maximum atomic E-state index is 13.7. The fraction of sp³-hybridized carbons (Fsp3) is 0.750. The predicted molar refractivity (Wildman–Crippen MR) is 49.7 cm³/mol. The molecule has 2 nitrogen and oxygen atoms in total. The Balaban J connectivity index is 2.65. The predicted octanol–water partition coefficient (Wildman–Crippen LogP) is 2.56. The van der Waals surface area contributed by atoms with Crippen molar-refractivity contribution in [2.24, 2.45) is 0 Å². The van der Waals surface area contributed by atoms with Gasteiger partial charge < -0.3 is 9.47 Å². The molecule has 0 aromatic rings. The van der Waals surface area contributed by atoms with Crippen LogP contribution >= 0.6 is 10.4 Å². The van der Waals surface area contributed by atoms with Gasteiger partial charge in [0.1, 0.15) is 12.0 Å². The van der Waals surface area contributed by atoms with Crippen LogP contribution < -0.4 is 0 Å². The van der Waals surface area contributed by atoms with Crippen LogP contribution in [0.15, 0.2) is 12.3 Å². The van der Waals surface area contributed by atoms with Gasteiger partial charge >= 0.3 is 0 Å². The molecule has 3 unspecified atom stereocenters. The van der Waals surface area contributed by atoms with Crippen molar-refractivity contribution in [2.45, 2.75) is 25.4 Å². The van der Waals surface area contributed by atoms with Gasteiger partial charge in [0.05, 0.1) is 5.76 Å². The van der Waals surface area contributed by atoms with Crippen molar-refractivity contribution >= 4 is 10.4 Å². The minimum absolute atomic E-state index is 0.160. The molecule has 1 aliphatic rings. The van der Waals surface area contributed by atoms with Gasteiger partial charge in [0.25, 0.3) is 0 Å². The summed E-state index contributed by atoms with van der Waals surface area (Å²) in [6.45, 7) is 7.14. The van der Waals surface area contributed by atoms with Gasteiger partial charge in [0.2, 0.25) is 0 Å². The second kappa shape index (κ2) is 3.26. The molecule has 0 amide bonds. The molecule has 0 radical (unpaired) electrons. The lowest BCUT2D eigenvalue weighted by molar-refractivity contribution is 0.0418. The second-order valence-corrected chi connectivity index (χ2v) is 6.01. The molecule has 3 atom stereocenters. The lowest BCUT2D eigenvalue weighted by Crippen LogP contribution is -2.22. The first kappa shape index (κ1) is 9.86. The van der Waals surface area contributed by atoms with E-state index in [0.29, 0.717) is 5.76 Å². The Hall–Kier alpha value is -0.220. The highest BCUT2D eigenvalue weighted by Gasteiger charge is 2.42. The van der Waals surface area contributed by atoms with Crippen molar-refractivity contribution in [3.63, 3.8) is 0 Å². The molecule has 4 heteroatoms. The standard InChI is InChI=1S/C8H15FO2S/c1-6(2)11-8-7(3)10-5-12(8,4)9/h7-8H,1,5H2,2-4H3. The number of hydrogen-bond donors (Lipinski definition) is 0. The van der Waals surface area contributed by atoms with E-state index in [1.165, 1.54) is 0 Å². The lowest BCUT2D eigenvalue weighted by atomic mass is 10.4. The number of allylic oxidation sites excluding steroid dienone is 1. The largest absolute Gasteiger partial charge is 0.481 e. The number of hydrogen-bond acceptors (Lipinski definition) is 2. The van der Waals surface area contributed by atoms with Crippen molar-refractivity contribution in [1.82, 2.24) is 0 Å². The molecule has 0 aromatic carbocycles. The minimum Gasteiger partial charge on any atom is -0.481 e. The number of halogens is 1. The first-order valence-corrected chi connectivity index (χ1v) is 5.99. The molecular formula is C8H15FO2S. The average molecular weight is 194 g/mol. The molecule has 0 aromatic heterocycles. The summed E-state index contributed by atoms with van der Waals surface area (Å²) < 4.78 is 24.1. The smallest absolute Gasteiger partial charge is 0.180 e. The van der Waals surface area contributed by atoms with Gasteiger partial charge in [-0.1, -0.05) is 6.58 Å². The van der Waals surface area contributed by atoms with Crippen molar-refractivity contribution in [3.8, 4) is 0 Å². The SMILES string of the molecule is C=C(C)OC1C(C)OCS1(C)F. The highest BCUT2D eigenvalue weighted by molar-refractivity contribution is 8.29. The summed E-state index contributed by atoms with van der Waals surface area (Å²) in [5.41, 5.74) is -0.435. The van der Waals surface area contributed by atoms with Crippen molar-refractivity contribution in [1.29, 1.82) is 0 Å². The fourth-order valence-corrected chi connectivity index (χ4v) is 3.04. The molecule has 0 bridgehead atoms. The summed E-state index contributed by atoms with van der Waals surface area (Å²) in [6.07, 6.45) is 1.41. The first-order valence-electron chi connectivity index (χ1n) is 3.82. The van der Waals surface area contributed by atoms with E-state index in [9.17, 15) is 3.89 Å². The van der Waals surface area contributed by atoms with Gasteiger partial charge in [-0.25, -0.2) is 0 Å². The van der Waals surface area contributed by atoms with Gasteiger partial charge in [0, 0.05) is 0 Å². The van der Waals surface area contributed by atoms with Crippen LogP contribution in [-0.4, -0.2) is 23.7 Å². The monoisotopic (exact) mass is 194 g/mol. The van der Waals surface area contributed by atoms with Crippen molar-refractivity contribution < 1.29 is 13.4 Å². The third-order valence-corrected chi connectivity index (χ3v) is 3.79. The average Bonchev–Trinajstić information content (AvgIpc) is 2.15. The van der Waals surface area contributed by atoms with Crippen LogP contribution in [0, 0.1) is 0 Å². The highest BCUT2D eigenvalue weighted by Crippen LogP contribution is 2.57. The van der Waals surface area contributed by atoms with Crippen LogP contribution in [0.1, 0.15) is 13.8 Å². The first-order chi connectivity index (χ1) is 5.43. The van der Waals surface area contributed by atoms with Crippen LogP contribution in [0.4, 0.5) is 3.89 Å². The van der Waals surface area contributed by atoms with Crippen LogP contribution in [0.5, 0.6) is 0 Å². The molecular weight excluding hydrogens is 179 g/mol. The molecule has 12 heavy (non-hydrogen) atoms. The summed E-state index contributed by atoms with van der Waals surface area (Å²) in [5, 5.41) is 0. The Morgan fingerprint density at radius 3 is 2.67 bits per heavy atom. The zero-order chi connectivity index (χ0) is 9.35. The third-order valence-electron chi connectivity index (χ3n) is 1.75. The maximum Gasteiger partial charge on any atom is 0.180 e. The quantitative estimate of drug-likeness (QED) is 0.629. The zero-order valence-electron chi connectivity index (χ0n) is 7.67. The topological polar surface area (TPSA) is 18.5 Å². The normalized spacial score (nSPS) is 46.7. The molecule has 1 heterocycles. The molecule has 72 valence electrons. The Labute approximate surface area is 74.3 Å².